The molecule has 4 N–H and O–H groups in total. The summed E-state index contributed by atoms with van der Waals surface area (Å²) in [5.41, 5.74) is 6.05. The van der Waals surface area contributed by atoms with Crippen LogP contribution in [0.25, 0.3) is 0 Å². The van der Waals surface area contributed by atoms with Gasteiger partial charge in [-0.1, -0.05) is 6.07 Å². The van der Waals surface area contributed by atoms with E-state index in [4.69, 9.17) is 10.5 Å². The molecule has 108 valence electrons. The Morgan fingerprint density at radius 1 is 1.45 bits per heavy atom. The summed E-state index contributed by atoms with van der Waals surface area (Å²) in [5.74, 6) is -0.460. The first kappa shape index (κ1) is 14.5. The average Bonchev–Trinajstić information content (AvgIpc) is 2.88. The third kappa shape index (κ3) is 3.15. The molecule has 2 rings (SSSR count). The van der Waals surface area contributed by atoms with Crippen molar-refractivity contribution < 1.29 is 14.3 Å². The molecule has 1 aliphatic rings. The van der Waals surface area contributed by atoms with Gasteiger partial charge in [0.25, 0.3) is 5.91 Å². The van der Waals surface area contributed by atoms with Crippen LogP contribution in [-0.4, -0.2) is 37.1 Å². The zero-order chi connectivity index (χ0) is 14.6. The van der Waals surface area contributed by atoms with Gasteiger partial charge in [-0.25, -0.2) is 0 Å². The van der Waals surface area contributed by atoms with E-state index < -0.39 is 5.54 Å². The van der Waals surface area contributed by atoms with Crippen LogP contribution in [0.15, 0.2) is 24.3 Å². The molecule has 1 fully saturated rings. The van der Waals surface area contributed by atoms with E-state index in [1.807, 2.05) is 6.92 Å². The van der Waals surface area contributed by atoms with Crippen molar-refractivity contribution in [3.05, 3.63) is 29.8 Å². The summed E-state index contributed by atoms with van der Waals surface area (Å²) < 4.78 is 5.16. The lowest BCUT2D eigenvalue weighted by Gasteiger charge is -2.20. The quantitative estimate of drug-likeness (QED) is 0.746. The van der Waals surface area contributed by atoms with Crippen LogP contribution in [0.4, 0.5) is 5.69 Å². The highest BCUT2D eigenvalue weighted by Gasteiger charge is 2.38. The molecule has 0 radical (unpaired) electrons. The average molecular weight is 277 g/mol. The van der Waals surface area contributed by atoms with E-state index in [0.717, 1.165) is 0 Å². The number of nitrogens with two attached hydrogens (primary N) is 1. The molecule has 1 aliphatic heterocycles. The third-order valence-corrected chi connectivity index (χ3v) is 3.22. The fourth-order valence-electron chi connectivity index (χ4n) is 2.02. The molecule has 1 unspecified atom stereocenters. The standard InChI is InChI=1S/C14H19N3O3/c1-2-16-12(18)10-4-3-5-11(8-10)17-13(19)14(15)6-7-20-9-14/h3-5,8H,2,6-7,9,15H2,1H3,(H,16,18)(H,17,19). The van der Waals surface area contributed by atoms with Gasteiger partial charge in [0.1, 0.15) is 5.54 Å². The van der Waals surface area contributed by atoms with Gasteiger partial charge in [0.2, 0.25) is 5.91 Å². The molecule has 0 aliphatic carbocycles. The molecule has 1 atom stereocenters. The Morgan fingerprint density at radius 2 is 2.25 bits per heavy atom. The monoisotopic (exact) mass is 277 g/mol. The Balaban J connectivity index is 2.08. The van der Waals surface area contributed by atoms with E-state index in [9.17, 15) is 9.59 Å². The Bertz CT molecular complexity index is 510. The lowest BCUT2D eigenvalue weighted by Crippen LogP contribution is -2.51. The molecular formula is C14H19N3O3. The number of benzene rings is 1. The van der Waals surface area contributed by atoms with Crippen molar-refractivity contribution in [2.45, 2.75) is 18.9 Å². The smallest absolute Gasteiger partial charge is 0.251 e. The number of rotatable bonds is 4. The molecule has 1 heterocycles. The lowest BCUT2D eigenvalue weighted by atomic mass is 9.99. The molecule has 1 aromatic carbocycles. The second-order valence-electron chi connectivity index (χ2n) is 4.85. The molecule has 0 saturated carbocycles. The van der Waals surface area contributed by atoms with Crippen molar-refractivity contribution in [1.29, 1.82) is 0 Å². The summed E-state index contributed by atoms with van der Waals surface area (Å²) in [4.78, 5) is 23.9. The summed E-state index contributed by atoms with van der Waals surface area (Å²) in [6, 6.07) is 6.76. The van der Waals surface area contributed by atoms with Gasteiger partial charge >= 0.3 is 0 Å². The summed E-state index contributed by atoms with van der Waals surface area (Å²) in [6.45, 7) is 3.11. The highest BCUT2D eigenvalue weighted by Crippen LogP contribution is 2.19. The van der Waals surface area contributed by atoms with Gasteiger partial charge in [0, 0.05) is 24.4 Å². The summed E-state index contributed by atoms with van der Waals surface area (Å²) >= 11 is 0. The van der Waals surface area contributed by atoms with Gasteiger partial charge in [0.15, 0.2) is 0 Å². The van der Waals surface area contributed by atoms with Gasteiger partial charge in [-0.05, 0) is 31.5 Å². The van der Waals surface area contributed by atoms with E-state index in [-0.39, 0.29) is 18.4 Å². The molecule has 6 heteroatoms. The van der Waals surface area contributed by atoms with Crippen molar-refractivity contribution >= 4 is 17.5 Å². The molecule has 2 amide bonds. The number of carbonyl (C=O) groups is 2. The van der Waals surface area contributed by atoms with Gasteiger partial charge in [-0.3, -0.25) is 9.59 Å². The predicted octanol–water partition coefficient (Wildman–Crippen LogP) is 0.493. The zero-order valence-electron chi connectivity index (χ0n) is 11.4. The van der Waals surface area contributed by atoms with Crippen LogP contribution >= 0.6 is 0 Å². The SMILES string of the molecule is CCNC(=O)c1cccc(NC(=O)C2(N)CCOC2)c1. The van der Waals surface area contributed by atoms with E-state index in [1.54, 1.807) is 24.3 Å². The van der Waals surface area contributed by atoms with E-state index in [0.29, 0.717) is 30.8 Å². The van der Waals surface area contributed by atoms with Crippen molar-refractivity contribution in [2.75, 3.05) is 25.1 Å². The Kier molecular flexibility index (Phi) is 4.36. The van der Waals surface area contributed by atoms with Gasteiger partial charge in [-0.2, -0.15) is 0 Å². The lowest BCUT2D eigenvalue weighted by molar-refractivity contribution is -0.121. The van der Waals surface area contributed by atoms with Crippen LogP contribution in [-0.2, 0) is 9.53 Å². The van der Waals surface area contributed by atoms with Crippen LogP contribution in [0.2, 0.25) is 0 Å². The van der Waals surface area contributed by atoms with Gasteiger partial charge < -0.3 is 21.1 Å². The number of amides is 2. The second kappa shape index (κ2) is 6.02. The maximum absolute atomic E-state index is 12.1. The van der Waals surface area contributed by atoms with E-state index in [2.05, 4.69) is 10.6 Å². The Hall–Kier alpha value is -1.92. The molecule has 6 nitrogen and oxygen atoms in total. The van der Waals surface area contributed by atoms with Crippen LogP contribution in [0.3, 0.4) is 0 Å². The largest absolute Gasteiger partial charge is 0.379 e. The number of anilines is 1. The molecule has 0 aromatic heterocycles. The molecule has 20 heavy (non-hydrogen) atoms. The summed E-state index contributed by atoms with van der Waals surface area (Å²) in [6.07, 6.45) is 0.495. The number of hydrogen-bond acceptors (Lipinski definition) is 4. The second-order valence-corrected chi connectivity index (χ2v) is 4.85. The van der Waals surface area contributed by atoms with Crippen LogP contribution in [0.5, 0.6) is 0 Å². The first-order chi connectivity index (χ1) is 9.55. The molecule has 1 aromatic rings. The molecule has 1 saturated heterocycles. The van der Waals surface area contributed by atoms with Crippen molar-refractivity contribution in [3.63, 3.8) is 0 Å². The van der Waals surface area contributed by atoms with Crippen LogP contribution in [0, 0.1) is 0 Å². The molecule has 0 bridgehead atoms. The fraction of sp³-hybridized carbons (Fsp3) is 0.429. The highest BCUT2D eigenvalue weighted by molar-refractivity contribution is 6.00. The fourth-order valence-corrected chi connectivity index (χ4v) is 2.02. The summed E-state index contributed by atoms with van der Waals surface area (Å²) in [7, 11) is 0. The van der Waals surface area contributed by atoms with Crippen molar-refractivity contribution in [2.24, 2.45) is 5.73 Å². The van der Waals surface area contributed by atoms with Crippen molar-refractivity contribution in [3.8, 4) is 0 Å². The van der Waals surface area contributed by atoms with E-state index >= 15 is 0 Å². The molecule has 0 spiro atoms. The maximum Gasteiger partial charge on any atom is 0.251 e. The van der Waals surface area contributed by atoms with E-state index in [1.165, 1.54) is 0 Å². The topological polar surface area (TPSA) is 93.5 Å². The first-order valence-electron chi connectivity index (χ1n) is 6.61. The maximum atomic E-state index is 12.1. The number of carbonyl (C=O) groups excluding carboxylic acids is 2. The first-order valence-corrected chi connectivity index (χ1v) is 6.61. The Labute approximate surface area is 117 Å². The highest BCUT2D eigenvalue weighted by atomic mass is 16.5. The number of ether oxygens (including phenoxy) is 1. The third-order valence-electron chi connectivity index (χ3n) is 3.22. The normalized spacial score (nSPS) is 21.5. The predicted molar refractivity (Wildman–Crippen MR) is 75.4 cm³/mol. The minimum atomic E-state index is -0.984. The zero-order valence-corrected chi connectivity index (χ0v) is 11.4. The minimum absolute atomic E-state index is 0.171. The minimum Gasteiger partial charge on any atom is -0.379 e. The van der Waals surface area contributed by atoms with Gasteiger partial charge in [0.05, 0.1) is 6.61 Å². The number of nitrogens with one attached hydrogen (secondary N) is 2. The Morgan fingerprint density at radius 3 is 2.90 bits per heavy atom. The van der Waals surface area contributed by atoms with Crippen molar-refractivity contribution in [1.82, 2.24) is 5.32 Å². The van der Waals surface area contributed by atoms with Gasteiger partial charge in [-0.15, -0.1) is 0 Å². The van der Waals surface area contributed by atoms with Crippen LogP contribution < -0.4 is 16.4 Å². The number of hydrogen-bond donors (Lipinski definition) is 3. The molecular weight excluding hydrogens is 258 g/mol. The summed E-state index contributed by atoms with van der Waals surface area (Å²) in [5, 5.41) is 5.45. The van der Waals surface area contributed by atoms with Crippen LogP contribution in [0.1, 0.15) is 23.7 Å².